The van der Waals surface area contributed by atoms with Gasteiger partial charge < -0.3 is 14.3 Å². The van der Waals surface area contributed by atoms with E-state index in [-0.39, 0.29) is 11.7 Å². The summed E-state index contributed by atoms with van der Waals surface area (Å²) in [6.45, 7) is 1.78. The van der Waals surface area contributed by atoms with Crippen molar-refractivity contribution >= 4 is 23.3 Å². The highest BCUT2D eigenvalue weighted by Gasteiger charge is 2.17. The highest BCUT2D eigenvalue weighted by molar-refractivity contribution is 6.30. The van der Waals surface area contributed by atoms with Gasteiger partial charge in [0.2, 0.25) is 0 Å². The molecule has 0 spiro atoms. The first kappa shape index (κ1) is 17.0. The van der Waals surface area contributed by atoms with Crippen molar-refractivity contribution in [1.82, 2.24) is 9.88 Å². The maximum absolute atomic E-state index is 12.4. The van der Waals surface area contributed by atoms with Crippen molar-refractivity contribution in [2.45, 2.75) is 13.5 Å². The summed E-state index contributed by atoms with van der Waals surface area (Å²) >= 11 is 5.89. The number of H-pyrrole nitrogens is 1. The summed E-state index contributed by atoms with van der Waals surface area (Å²) in [5.74, 6) is 1.08. The second-order valence-electron chi connectivity index (χ2n) is 5.79. The van der Waals surface area contributed by atoms with Crippen LogP contribution < -0.4 is 0 Å². The lowest BCUT2D eigenvalue weighted by Gasteiger charge is -2.14. The number of benzene rings is 1. The molecule has 0 atom stereocenters. The van der Waals surface area contributed by atoms with Crippen LogP contribution in [0, 0.1) is 0 Å². The number of carbonyl (C=O) groups excluding carboxylic acids is 2. The molecule has 2 heterocycles. The van der Waals surface area contributed by atoms with Crippen molar-refractivity contribution < 1.29 is 14.0 Å². The summed E-state index contributed by atoms with van der Waals surface area (Å²) in [6.07, 6.45) is 1.54. The molecule has 1 aromatic carbocycles. The zero-order chi connectivity index (χ0) is 18.0. The Bertz CT molecular complexity index is 909. The minimum Gasteiger partial charge on any atom is -0.459 e. The van der Waals surface area contributed by atoms with Crippen molar-refractivity contribution in [3.63, 3.8) is 0 Å². The van der Waals surface area contributed by atoms with Gasteiger partial charge in [-0.2, -0.15) is 0 Å². The molecule has 0 fully saturated rings. The van der Waals surface area contributed by atoms with Crippen LogP contribution in [-0.4, -0.2) is 28.6 Å². The average molecular weight is 357 g/mol. The molecule has 0 bridgehead atoms. The third kappa shape index (κ3) is 3.83. The van der Waals surface area contributed by atoms with Gasteiger partial charge in [-0.05, 0) is 49.4 Å². The molecule has 6 heteroatoms. The lowest BCUT2D eigenvalue weighted by atomic mass is 10.2. The number of furan rings is 1. The van der Waals surface area contributed by atoms with E-state index in [4.69, 9.17) is 16.0 Å². The molecule has 5 nitrogen and oxygen atoms in total. The van der Waals surface area contributed by atoms with Gasteiger partial charge in [0, 0.05) is 29.4 Å². The minimum atomic E-state index is -0.211. The third-order valence-corrected chi connectivity index (χ3v) is 4.10. The van der Waals surface area contributed by atoms with Crippen LogP contribution in [0.4, 0.5) is 0 Å². The minimum absolute atomic E-state index is 0.0865. The van der Waals surface area contributed by atoms with Gasteiger partial charge in [0.25, 0.3) is 5.91 Å². The summed E-state index contributed by atoms with van der Waals surface area (Å²) in [5, 5.41) is 0.664. The van der Waals surface area contributed by atoms with E-state index in [1.165, 1.54) is 18.0 Å². The fraction of sp³-hybridized carbons (Fsp3) is 0.158. The van der Waals surface area contributed by atoms with Crippen molar-refractivity contribution in [1.29, 1.82) is 0 Å². The fourth-order valence-corrected chi connectivity index (χ4v) is 2.59. The number of aromatic nitrogens is 1. The second-order valence-corrected chi connectivity index (χ2v) is 6.23. The summed E-state index contributed by atoms with van der Waals surface area (Å²) < 4.78 is 5.81. The van der Waals surface area contributed by atoms with Crippen molar-refractivity contribution in [3.8, 4) is 11.3 Å². The monoisotopic (exact) mass is 356 g/mol. The predicted molar refractivity (Wildman–Crippen MR) is 95.7 cm³/mol. The molecule has 0 radical (unpaired) electrons. The molecule has 0 unspecified atom stereocenters. The van der Waals surface area contributed by atoms with Gasteiger partial charge in [0.1, 0.15) is 17.2 Å². The van der Waals surface area contributed by atoms with Crippen molar-refractivity contribution in [3.05, 3.63) is 70.7 Å². The van der Waals surface area contributed by atoms with E-state index in [2.05, 4.69) is 4.98 Å². The number of hydrogen-bond donors (Lipinski definition) is 1. The molecule has 0 saturated heterocycles. The summed E-state index contributed by atoms with van der Waals surface area (Å²) in [4.78, 5) is 28.1. The fourth-order valence-electron chi connectivity index (χ4n) is 2.46. The number of carbonyl (C=O) groups is 2. The molecule has 3 rings (SSSR count). The van der Waals surface area contributed by atoms with E-state index in [0.717, 1.165) is 5.56 Å². The van der Waals surface area contributed by atoms with Crippen LogP contribution in [0.25, 0.3) is 11.3 Å². The van der Waals surface area contributed by atoms with Crippen LogP contribution in [-0.2, 0) is 6.54 Å². The summed E-state index contributed by atoms with van der Waals surface area (Å²) in [5.41, 5.74) is 1.78. The molecule has 1 N–H and O–H groups in total. The maximum atomic E-state index is 12.4. The molecule has 0 saturated carbocycles. The van der Waals surface area contributed by atoms with Gasteiger partial charge in [0.05, 0.1) is 6.54 Å². The molecule has 1 amide bonds. The first-order valence-electron chi connectivity index (χ1n) is 7.73. The average Bonchev–Trinajstić information content (AvgIpc) is 3.24. The molecular weight excluding hydrogens is 340 g/mol. The van der Waals surface area contributed by atoms with Crippen LogP contribution in [0.3, 0.4) is 0 Å². The maximum Gasteiger partial charge on any atom is 0.270 e. The smallest absolute Gasteiger partial charge is 0.270 e. The first-order chi connectivity index (χ1) is 11.9. The zero-order valence-corrected chi connectivity index (χ0v) is 14.6. The third-order valence-electron chi connectivity index (χ3n) is 3.85. The highest BCUT2D eigenvalue weighted by atomic mass is 35.5. The molecule has 0 aliphatic carbocycles. The predicted octanol–water partition coefficient (Wildman–Crippen LogP) is 4.40. The Morgan fingerprint density at radius 2 is 1.88 bits per heavy atom. The largest absolute Gasteiger partial charge is 0.459 e. The quantitative estimate of drug-likeness (QED) is 0.689. The number of hydrogen-bond acceptors (Lipinski definition) is 3. The van der Waals surface area contributed by atoms with E-state index in [1.54, 1.807) is 25.2 Å². The Labute approximate surface area is 150 Å². The molecule has 0 aliphatic heterocycles. The van der Waals surface area contributed by atoms with Crippen LogP contribution >= 0.6 is 11.6 Å². The van der Waals surface area contributed by atoms with E-state index >= 15 is 0 Å². The number of nitrogens with zero attached hydrogens (tertiary/aromatic N) is 1. The molecule has 128 valence electrons. The number of rotatable bonds is 5. The van der Waals surface area contributed by atoms with Gasteiger partial charge in [-0.3, -0.25) is 9.59 Å². The van der Waals surface area contributed by atoms with Gasteiger partial charge in [-0.25, -0.2) is 0 Å². The molecule has 25 heavy (non-hydrogen) atoms. The van der Waals surface area contributed by atoms with E-state index < -0.39 is 0 Å². The van der Waals surface area contributed by atoms with Gasteiger partial charge in [0.15, 0.2) is 5.78 Å². The van der Waals surface area contributed by atoms with E-state index in [1.807, 2.05) is 24.3 Å². The number of Topliss-reactive ketones (excluding diaryl/α,β-unsaturated/α-hetero) is 1. The molecule has 2 aromatic heterocycles. The Morgan fingerprint density at radius 3 is 2.52 bits per heavy atom. The van der Waals surface area contributed by atoms with Crippen LogP contribution in [0.1, 0.15) is 33.5 Å². The number of ketones is 1. The highest BCUT2D eigenvalue weighted by Crippen LogP contribution is 2.24. The van der Waals surface area contributed by atoms with Crippen LogP contribution in [0.5, 0.6) is 0 Å². The summed E-state index contributed by atoms with van der Waals surface area (Å²) in [7, 11) is 1.68. The van der Waals surface area contributed by atoms with Crippen molar-refractivity contribution in [2.75, 3.05) is 7.05 Å². The number of amides is 1. The topological polar surface area (TPSA) is 66.3 Å². The number of halogens is 1. The lowest BCUT2D eigenvalue weighted by molar-refractivity contribution is 0.0770. The first-order valence-corrected chi connectivity index (χ1v) is 8.11. The second kappa shape index (κ2) is 6.99. The Hall–Kier alpha value is -2.79. The van der Waals surface area contributed by atoms with Crippen LogP contribution in [0.15, 0.2) is 53.1 Å². The number of nitrogens with one attached hydrogen (secondary N) is 1. The standard InChI is InChI=1S/C19H17ClN2O3/c1-12(23)14-9-17(21-10-14)19(24)22(2)11-16-7-8-18(25-16)13-3-5-15(20)6-4-13/h3-10,21H,11H2,1-2H3. The van der Waals surface area contributed by atoms with E-state index in [0.29, 0.717) is 34.3 Å². The summed E-state index contributed by atoms with van der Waals surface area (Å²) in [6, 6.07) is 12.6. The number of aromatic amines is 1. The molecular formula is C19H17ClN2O3. The molecule has 3 aromatic rings. The SMILES string of the molecule is CC(=O)c1c[nH]c(C(=O)N(C)Cc2ccc(-c3ccc(Cl)cc3)o2)c1. The Kier molecular flexibility index (Phi) is 4.76. The lowest BCUT2D eigenvalue weighted by Crippen LogP contribution is -2.26. The zero-order valence-electron chi connectivity index (χ0n) is 13.9. The van der Waals surface area contributed by atoms with E-state index in [9.17, 15) is 9.59 Å². The normalized spacial score (nSPS) is 10.7. The molecule has 0 aliphatic rings. The van der Waals surface area contributed by atoms with Crippen LogP contribution in [0.2, 0.25) is 5.02 Å². The van der Waals surface area contributed by atoms with Gasteiger partial charge in [-0.1, -0.05) is 11.6 Å². The van der Waals surface area contributed by atoms with Crippen molar-refractivity contribution in [2.24, 2.45) is 0 Å². The Balaban J connectivity index is 1.70. The van der Waals surface area contributed by atoms with Gasteiger partial charge >= 0.3 is 0 Å². The van der Waals surface area contributed by atoms with Gasteiger partial charge in [-0.15, -0.1) is 0 Å². The Morgan fingerprint density at radius 1 is 1.16 bits per heavy atom.